The lowest BCUT2D eigenvalue weighted by Gasteiger charge is -2.48. The Kier molecular flexibility index (Phi) is 8.00. The molecule has 2 aliphatic heterocycles. The molecule has 0 radical (unpaired) electrons. The number of benzene rings is 1. The second kappa shape index (κ2) is 11.0. The summed E-state index contributed by atoms with van der Waals surface area (Å²) in [6.07, 6.45) is 0.906. The molecule has 0 spiro atoms. The van der Waals surface area contributed by atoms with Gasteiger partial charge in [-0.2, -0.15) is 0 Å². The maximum absolute atomic E-state index is 16.4. The van der Waals surface area contributed by atoms with Gasteiger partial charge in [-0.3, -0.25) is 14.2 Å². The molecule has 0 saturated carbocycles. The van der Waals surface area contributed by atoms with Crippen LogP contribution in [0.4, 0.5) is 20.6 Å². The van der Waals surface area contributed by atoms with E-state index in [1.165, 1.54) is 15.8 Å². The molecule has 13 heteroatoms. The van der Waals surface area contributed by atoms with E-state index in [0.717, 1.165) is 0 Å². The molecule has 230 valence electrons. The van der Waals surface area contributed by atoms with E-state index in [2.05, 4.69) is 31.2 Å². The molecule has 1 aromatic carbocycles. The largest absolute Gasteiger partial charge is 0.444 e. The quantitative estimate of drug-likeness (QED) is 0.322. The van der Waals surface area contributed by atoms with Crippen LogP contribution < -0.4 is 15.8 Å². The van der Waals surface area contributed by atoms with Gasteiger partial charge in [0, 0.05) is 18.0 Å². The van der Waals surface area contributed by atoms with Crippen LogP contribution in [0.15, 0.2) is 21.7 Å². The third-order valence-corrected chi connectivity index (χ3v) is 8.97. The molecule has 0 bridgehead atoms. The van der Waals surface area contributed by atoms with Crippen molar-refractivity contribution in [1.82, 2.24) is 19.4 Å². The van der Waals surface area contributed by atoms with Crippen molar-refractivity contribution in [2.75, 3.05) is 23.3 Å². The van der Waals surface area contributed by atoms with Crippen LogP contribution in [-0.4, -0.2) is 62.2 Å². The minimum atomic E-state index is -0.849. The standard InChI is InChI=1S/C30H35BrClFN6O4/c1-13(2)21-26(22(14(3)4)35-12-34-21)39-24-16(9-17(32)19(31)20(24)33)25-23(28(39)41)36-27(40)18-11-37(15(5)10-38(18)25)29(42)43-30(6,7)8/h9,12-15,18H,10-11H2,1-8H3,(H,36,40)/t15-,18-/m1/s1. The van der Waals surface area contributed by atoms with Gasteiger partial charge in [-0.05, 0) is 61.5 Å². The van der Waals surface area contributed by atoms with Crippen molar-refractivity contribution in [3.8, 4) is 5.69 Å². The fraction of sp³-hybridized carbons (Fsp3) is 0.500. The molecule has 4 heterocycles. The molecule has 0 aliphatic carbocycles. The molecule has 1 fully saturated rings. The van der Waals surface area contributed by atoms with Crippen LogP contribution in [0.1, 0.15) is 78.6 Å². The molecule has 2 amide bonds. The van der Waals surface area contributed by atoms with Gasteiger partial charge in [-0.25, -0.2) is 19.2 Å². The number of nitrogens with one attached hydrogen (secondary N) is 1. The summed E-state index contributed by atoms with van der Waals surface area (Å²) >= 11 is 9.78. The molecule has 10 nitrogen and oxygen atoms in total. The zero-order valence-electron chi connectivity index (χ0n) is 25.4. The molecule has 2 aliphatic rings. The minimum Gasteiger partial charge on any atom is -0.444 e. The first-order valence-corrected chi connectivity index (χ1v) is 15.4. The van der Waals surface area contributed by atoms with Crippen molar-refractivity contribution in [3.05, 3.63) is 49.4 Å². The van der Waals surface area contributed by atoms with Crippen LogP contribution in [0.5, 0.6) is 0 Å². The predicted octanol–water partition coefficient (Wildman–Crippen LogP) is 6.35. The Morgan fingerprint density at radius 2 is 1.72 bits per heavy atom. The number of pyridine rings is 1. The fourth-order valence-electron chi connectivity index (χ4n) is 5.77. The number of carbonyl (C=O) groups is 2. The first kappa shape index (κ1) is 31.2. The molecule has 0 unspecified atom stereocenters. The monoisotopic (exact) mass is 676 g/mol. The SMILES string of the molecule is CC(C)c1ncnc(C(C)C)c1-n1c(=O)c2c(c3cc(Cl)c(Br)c(F)c31)N1C[C@@H](C)N(C(=O)OC(C)(C)C)C[C@@H]1C(=O)N2. The summed E-state index contributed by atoms with van der Waals surface area (Å²) in [7, 11) is 0. The first-order valence-electron chi connectivity index (χ1n) is 14.2. The number of aromatic nitrogens is 3. The highest BCUT2D eigenvalue weighted by molar-refractivity contribution is 9.10. The van der Waals surface area contributed by atoms with Gasteiger partial charge >= 0.3 is 6.09 Å². The number of nitrogens with zero attached hydrogens (tertiary/aromatic N) is 5. The molecule has 2 aromatic heterocycles. The van der Waals surface area contributed by atoms with Gasteiger partial charge in [0.15, 0.2) is 5.82 Å². The van der Waals surface area contributed by atoms with Crippen LogP contribution >= 0.6 is 27.5 Å². The van der Waals surface area contributed by atoms with Gasteiger partial charge in [-0.1, -0.05) is 39.3 Å². The van der Waals surface area contributed by atoms with Gasteiger partial charge in [0.1, 0.15) is 23.7 Å². The molecular formula is C30H35BrClFN6O4. The van der Waals surface area contributed by atoms with Crippen LogP contribution in [0.3, 0.4) is 0 Å². The minimum absolute atomic E-state index is 0.00211. The third kappa shape index (κ3) is 5.26. The van der Waals surface area contributed by atoms with Crippen molar-refractivity contribution >= 4 is 61.8 Å². The summed E-state index contributed by atoms with van der Waals surface area (Å²) in [5, 5.41) is 3.22. The smallest absolute Gasteiger partial charge is 0.410 e. The summed E-state index contributed by atoms with van der Waals surface area (Å²) in [5.41, 5.74) is 0.483. The van der Waals surface area contributed by atoms with E-state index in [0.29, 0.717) is 28.1 Å². The molecule has 3 aromatic rings. The summed E-state index contributed by atoms with van der Waals surface area (Å²) < 4.78 is 23.3. The fourth-order valence-corrected chi connectivity index (χ4v) is 6.26. The zero-order valence-corrected chi connectivity index (χ0v) is 27.7. The molecule has 1 N–H and O–H groups in total. The summed E-state index contributed by atoms with van der Waals surface area (Å²) in [6.45, 7) is 15.1. The first-order chi connectivity index (χ1) is 20.0. The van der Waals surface area contributed by atoms with Crippen LogP contribution in [0.2, 0.25) is 5.02 Å². The maximum atomic E-state index is 16.4. The number of halogens is 3. The lowest BCUT2D eigenvalue weighted by molar-refractivity contribution is -0.118. The predicted molar refractivity (Wildman–Crippen MR) is 168 cm³/mol. The highest BCUT2D eigenvalue weighted by atomic mass is 79.9. The number of carbonyl (C=O) groups excluding carboxylic acids is 2. The average Bonchev–Trinajstić information content (AvgIpc) is 2.91. The lowest BCUT2D eigenvalue weighted by Crippen LogP contribution is -2.65. The van der Waals surface area contributed by atoms with E-state index in [1.54, 1.807) is 31.7 Å². The van der Waals surface area contributed by atoms with Crippen molar-refractivity contribution in [3.63, 3.8) is 0 Å². The molecule has 5 rings (SSSR count). The topological polar surface area (TPSA) is 110 Å². The number of amides is 2. The number of anilines is 2. The van der Waals surface area contributed by atoms with E-state index >= 15 is 4.39 Å². The van der Waals surface area contributed by atoms with Gasteiger partial charge in [0.2, 0.25) is 5.91 Å². The molecule has 2 atom stereocenters. The van der Waals surface area contributed by atoms with E-state index < -0.39 is 35.0 Å². The Bertz CT molecular complexity index is 1690. The summed E-state index contributed by atoms with van der Waals surface area (Å²) in [5.74, 6) is -1.46. The van der Waals surface area contributed by atoms with Crippen molar-refractivity contribution in [1.29, 1.82) is 0 Å². The number of piperazine rings is 1. The highest BCUT2D eigenvalue weighted by Crippen LogP contribution is 2.44. The second-order valence-electron chi connectivity index (χ2n) is 12.7. The molecular weight excluding hydrogens is 643 g/mol. The van der Waals surface area contributed by atoms with Crippen molar-refractivity contribution in [2.45, 2.75) is 84.9 Å². The van der Waals surface area contributed by atoms with Crippen LogP contribution in [0.25, 0.3) is 16.6 Å². The zero-order chi connectivity index (χ0) is 31.7. The van der Waals surface area contributed by atoms with Crippen LogP contribution in [-0.2, 0) is 9.53 Å². The van der Waals surface area contributed by atoms with Gasteiger partial charge < -0.3 is 19.9 Å². The summed E-state index contributed by atoms with van der Waals surface area (Å²) in [4.78, 5) is 53.4. The number of ether oxygens (including phenoxy) is 1. The van der Waals surface area contributed by atoms with Gasteiger partial charge in [-0.15, -0.1) is 0 Å². The maximum Gasteiger partial charge on any atom is 0.410 e. The Hall–Kier alpha value is -3.25. The van der Waals surface area contributed by atoms with Crippen molar-refractivity contribution in [2.24, 2.45) is 0 Å². The Labute approximate surface area is 262 Å². The normalized spacial score (nSPS) is 18.7. The molecule has 43 heavy (non-hydrogen) atoms. The Balaban J connectivity index is 1.81. The van der Waals surface area contributed by atoms with E-state index in [1.807, 2.05) is 34.6 Å². The van der Waals surface area contributed by atoms with Crippen molar-refractivity contribution < 1.29 is 18.7 Å². The average molecular weight is 678 g/mol. The van der Waals surface area contributed by atoms with E-state index in [9.17, 15) is 14.4 Å². The van der Waals surface area contributed by atoms with E-state index in [4.69, 9.17) is 16.3 Å². The van der Waals surface area contributed by atoms with Crippen LogP contribution in [0, 0.1) is 5.82 Å². The van der Waals surface area contributed by atoms with E-state index in [-0.39, 0.29) is 51.7 Å². The summed E-state index contributed by atoms with van der Waals surface area (Å²) in [6, 6.07) is 0.352. The molecule has 1 saturated heterocycles. The number of hydrogen-bond acceptors (Lipinski definition) is 7. The number of fused-ring (bicyclic) bond motifs is 5. The number of hydrogen-bond donors (Lipinski definition) is 1. The number of rotatable bonds is 3. The Morgan fingerprint density at radius 3 is 2.28 bits per heavy atom. The highest BCUT2D eigenvalue weighted by Gasteiger charge is 2.45. The lowest BCUT2D eigenvalue weighted by atomic mass is 9.98. The Morgan fingerprint density at radius 1 is 1.12 bits per heavy atom. The second-order valence-corrected chi connectivity index (χ2v) is 13.9. The van der Waals surface area contributed by atoms with Gasteiger partial charge in [0.25, 0.3) is 5.56 Å². The third-order valence-electron chi connectivity index (χ3n) is 7.67. The van der Waals surface area contributed by atoms with Gasteiger partial charge in [0.05, 0.1) is 44.3 Å².